The molecule has 2 amide bonds. The minimum atomic E-state index is -0.105. The molecular formula is C15H22N2O4. The largest absolute Gasteiger partial charge is 0.459 e. The zero-order chi connectivity index (χ0) is 15.2. The average Bonchev–Trinajstić information content (AvgIpc) is 3.01. The Balaban J connectivity index is 1.80. The number of nitrogens with zero attached hydrogens (tertiary/aromatic N) is 1. The molecule has 1 fully saturated rings. The Labute approximate surface area is 124 Å². The molecule has 6 heteroatoms. The van der Waals surface area contributed by atoms with Gasteiger partial charge in [-0.2, -0.15) is 0 Å². The molecule has 1 N–H and O–H groups in total. The second-order valence-electron chi connectivity index (χ2n) is 5.41. The first-order valence-corrected chi connectivity index (χ1v) is 7.24. The van der Waals surface area contributed by atoms with E-state index in [1.54, 1.807) is 24.1 Å². The molecule has 1 atom stereocenters. The fourth-order valence-corrected chi connectivity index (χ4v) is 2.55. The maximum Gasteiger partial charge on any atom is 0.289 e. The highest BCUT2D eigenvalue weighted by molar-refractivity contribution is 5.91. The van der Waals surface area contributed by atoms with Crippen LogP contribution in [0.1, 0.15) is 30.3 Å². The molecule has 1 aliphatic heterocycles. The lowest BCUT2D eigenvalue weighted by atomic mass is 9.95. The minimum absolute atomic E-state index is 0.00489. The molecule has 0 radical (unpaired) electrons. The number of carbonyl (C=O) groups excluding carboxylic acids is 2. The number of piperidine rings is 1. The van der Waals surface area contributed by atoms with Crippen LogP contribution >= 0.6 is 0 Å². The lowest BCUT2D eigenvalue weighted by molar-refractivity contribution is -0.127. The third-order valence-corrected chi connectivity index (χ3v) is 3.69. The lowest BCUT2D eigenvalue weighted by Gasteiger charge is -2.31. The molecule has 0 spiro atoms. The number of methoxy groups -OCH3 is 1. The van der Waals surface area contributed by atoms with Gasteiger partial charge in [0.1, 0.15) is 0 Å². The molecule has 1 aliphatic rings. The van der Waals surface area contributed by atoms with Gasteiger partial charge in [0.2, 0.25) is 5.91 Å². The van der Waals surface area contributed by atoms with Crippen molar-refractivity contribution < 1.29 is 18.7 Å². The summed E-state index contributed by atoms with van der Waals surface area (Å²) in [6.45, 7) is 3.57. The van der Waals surface area contributed by atoms with Crippen LogP contribution in [0.15, 0.2) is 22.8 Å². The highest BCUT2D eigenvalue weighted by atomic mass is 16.5. The van der Waals surface area contributed by atoms with E-state index in [0.717, 1.165) is 0 Å². The number of carbonyl (C=O) groups is 2. The standard InChI is InChI=1S/C15H22N2O4/c1-11(10-20-2)16-14(18)12-5-7-17(8-6-12)15(19)13-4-3-9-21-13/h3-4,9,11-12H,5-8,10H2,1-2H3,(H,16,18)/t11-/m1/s1. The summed E-state index contributed by atoms with van der Waals surface area (Å²) in [6, 6.07) is 3.36. The Bertz CT molecular complexity index is 464. The summed E-state index contributed by atoms with van der Waals surface area (Å²) in [5.41, 5.74) is 0. The van der Waals surface area contributed by atoms with E-state index in [1.807, 2.05) is 6.92 Å². The van der Waals surface area contributed by atoms with Crippen LogP contribution in [0.5, 0.6) is 0 Å². The van der Waals surface area contributed by atoms with Crippen molar-refractivity contribution in [2.75, 3.05) is 26.8 Å². The normalized spacial score (nSPS) is 17.5. The van der Waals surface area contributed by atoms with Gasteiger partial charge in [-0.3, -0.25) is 9.59 Å². The predicted molar refractivity (Wildman–Crippen MR) is 76.8 cm³/mol. The van der Waals surface area contributed by atoms with Gasteiger partial charge in [0.15, 0.2) is 5.76 Å². The smallest absolute Gasteiger partial charge is 0.289 e. The second kappa shape index (κ2) is 7.26. The lowest BCUT2D eigenvalue weighted by Crippen LogP contribution is -2.45. The molecule has 2 rings (SSSR count). The molecule has 1 saturated heterocycles. The van der Waals surface area contributed by atoms with Gasteiger partial charge in [0.05, 0.1) is 12.9 Å². The molecule has 0 bridgehead atoms. The van der Waals surface area contributed by atoms with Crippen molar-refractivity contribution in [3.05, 3.63) is 24.2 Å². The van der Waals surface area contributed by atoms with Gasteiger partial charge < -0.3 is 19.4 Å². The zero-order valence-corrected chi connectivity index (χ0v) is 12.5. The molecule has 21 heavy (non-hydrogen) atoms. The predicted octanol–water partition coefficient (Wildman–Crippen LogP) is 1.28. The Hall–Kier alpha value is -1.82. The number of rotatable bonds is 5. The molecule has 6 nitrogen and oxygen atoms in total. The number of amides is 2. The van der Waals surface area contributed by atoms with Crippen LogP contribution < -0.4 is 5.32 Å². The summed E-state index contributed by atoms with van der Waals surface area (Å²) in [5.74, 6) is 0.257. The fourth-order valence-electron chi connectivity index (χ4n) is 2.55. The summed E-state index contributed by atoms with van der Waals surface area (Å²) >= 11 is 0. The first-order chi connectivity index (χ1) is 10.1. The Kier molecular flexibility index (Phi) is 5.38. The van der Waals surface area contributed by atoms with Crippen LogP contribution in [0.3, 0.4) is 0 Å². The van der Waals surface area contributed by atoms with Crippen LogP contribution in [0.2, 0.25) is 0 Å². The molecule has 1 aromatic heterocycles. The number of ether oxygens (including phenoxy) is 1. The van der Waals surface area contributed by atoms with E-state index in [9.17, 15) is 9.59 Å². The number of furan rings is 1. The third kappa shape index (κ3) is 4.07. The van der Waals surface area contributed by atoms with Crippen LogP contribution in [0, 0.1) is 5.92 Å². The summed E-state index contributed by atoms with van der Waals surface area (Å²) in [6.07, 6.45) is 2.85. The van der Waals surface area contributed by atoms with E-state index in [2.05, 4.69) is 5.32 Å². The molecular weight excluding hydrogens is 272 g/mol. The molecule has 116 valence electrons. The zero-order valence-electron chi connectivity index (χ0n) is 12.5. The number of hydrogen-bond donors (Lipinski definition) is 1. The highest BCUT2D eigenvalue weighted by Crippen LogP contribution is 2.19. The summed E-state index contributed by atoms with van der Waals surface area (Å²) in [7, 11) is 1.61. The van der Waals surface area contributed by atoms with Gasteiger partial charge in [0.25, 0.3) is 5.91 Å². The Morgan fingerprint density at radius 1 is 1.48 bits per heavy atom. The maximum atomic E-state index is 12.1. The topological polar surface area (TPSA) is 71.8 Å². The van der Waals surface area contributed by atoms with Crippen molar-refractivity contribution in [1.82, 2.24) is 10.2 Å². The van der Waals surface area contributed by atoms with Gasteiger partial charge in [-0.15, -0.1) is 0 Å². The van der Waals surface area contributed by atoms with Gasteiger partial charge in [-0.25, -0.2) is 0 Å². The fraction of sp³-hybridized carbons (Fsp3) is 0.600. The first kappa shape index (κ1) is 15.6. The Morgan fingerprint density at radius 2 is 2.19 bits per heavy atom. The number of hydrogen-bond acceptors (Lipinski definition) is 4. The van der Waals surface area contributed by atoms with E-state index in [1.165, 1.54) is 6.26 Å². The highest BCUT2D eigenvalue weighted by Gasteiger charge is 2.29. The molecule has 0 aromatic carbocycles. The molecule has 0 aliphatic carbocycles. The molecule has 2 heterocycles. The van der Waals surface area contributed by atoms with Crippen LogP contribution in [-0.2, 0) is 9.53 Å². The van der Waals surface area contributed by atoms with Gasteiger partial charge in [-0.1, -0.05) is 0 Å². The van der Waals surface area contributed by atoms with Crippen molar-refractivity contribution in [3.8, 4) is 0 Å². The van der Waals surface area contributed by atoms with E-state index in [0.29, 0.717) is 38.3 Å². The summed E-state index contributed by atoms with van der Waals surface area (Å²) in [4.78, 5) is 26.0. The van der Waals surface area contributed by atoms with Crippen LogP contribution in [0.25, 0.3) is 0 Å². The first-order valence-electron chi connectivity index (χ1n) is 7.24. The van der Waals surface area contributed by atoms with Gasteiger partial charge in [-0.05, 0) is 31.9 Å². The third-order valence-electron chi connectivity index (χ3n) is 3.69. The quantitative estimate of drug-likeness (QED) is 0.888. The minimum Gasteiger partial charge on any atom is -0.459 e. The second-order valence-corrected chi connectivity index (χ2v) is 5.41. The van der Waals surface area contributed by atoms with Crippen molar-refractivity contribution in [1.29, 1.82) is 0 Å². The SMILES string of the molecule is COC[C@@H](C)NC(=O)C1CCN(C(=O)c2ccco2)CC1. The van der Waals surface area contributed by atoms with Crippen LogP contribution in [-0.4, -0.2) is 49.6 Å². The molecule has 0 saturated carbocycles. The maximum absolute atomic E-state index is 12.1. The van der Waals surface area contributed by atoms with E-state index in [4.69, 9.17) is 9.15 Å². The summed E-state index contributed by atoms with van der Waals surface area (Å²) in [5, 5.41) is 2.94. The Morgan fingerprint density at radius 3 is 2.76 bits per heavy atom. The van der Waals surface area contributed by atoms with Crippen molar-refractivity contribution in [3.63, 3.8) is 0 Å². The van der Waals surface area contributed by atoms with Crippen molar-refractivity contribution in [2.24, 2.45) is 5.92 Å². The van der Waals surface area contributed by atoms with Crippen molar-refractivity contribution >= 4 is 11.8 Å². The number of nitrogens with one attached hydrogen (secondary N) is 1. The monoisotopic (exact) mass is 294 g/mol. The summed E-state index contributed by atoms with van der Waals surface area (Å²) < 4.78 is 10.1. The van der Waals surface area contributed by atoms with Crippen molar-refractivity contribution in [2.45, 2.75) is 25.8 Å². The van der Waals surface area contributed by atoms with E-state index < -0.39 is 0 Å². The van der Waals surface area contributed by atoms with Crippen LogP contribution in [0.4, 0.5) is 0 Å². The molecule has 0 unspecified atom stereocenters. The molecule has 1 aromatic rings. The number of likely N-dealkylation sites (tertiary alicyclic amines) is 1. The van der Waals surface area contributed by atoms with E-state index >= 15 is 0 Å². The van der Waals surface area contributed by atoms with Gasteiger partial charge >= 0.3 is 0 Å². The van der Waals surface area contributed by atoms with Gasteiger partial charge in [0, 0.05) is 32.2 Å². The average molecular weight is 294 g/mol. The van der Waals surface area contributed by atoms with E-state index in [-0.39, 0.29) is 23.8 Å².